The minimum atomic E-state index is -3.36. The average Bonchev–Trinajstić information content (AvgIpc) is 2.65. The van der Waals surface area contributed by atoms with Crippen LogP contribution in [0.4, 0.5) is 10.8 Å². The van der Waals surface area contributed by atoms with E-state index in [9.17, 15) is 8.42 Å². The second-order valence-corrected chi connectivity index (χ2v) is 7.08. The van der Waals surface area contributed by atoms with Crippen LogP contribution >= 0.6 is 11.5 Å². The van der Waals surface area contributed by atoms with Gasteiger partial charge in [0.25, 0.3) is 0 Å². The van der Waals surface area contributed by atoms with Crippen LogP contribution in [-0.2, 0) is 9.84 Å². The van der Waals surface area contributed by atoms with E-state index in [2.05, 4.69) is 9.69 Å². The molecule has 1 aromatic rings. The summed E-state index contributed by atoms with van der Waals surface area (Å²) in [6.45, 7) is 2.77. The van der Waals surface area contributed by atoms with Crippen molar-refractivity contribution in [2.24, 2.45) is 5.92 Å². The molecule has 0 aromatic carbocycles. The molecule has 0 fully saturated rings. The largest absolute Gasteiger partial charge is 0.396 e. The quantitative estimate of drug-likeness (QED) is 0.646. The molecule has 1 unspecified atom stereocenters. The Kier molecular flexibility index (Phi) is 5.36. The number of nitrogens with two attached hydrogens (primary N) is 1. The van der Waals surface area contributed by atoms with E-state index in [-0.39, 0.29) is 23.2 Å². The molecule has 1 heterocycles. The zero-order chi connectivity index (χ0) is 13.8. The maximum Gasteiger partial charge on any atom is 0.182 e. The molecular formula is C10H19N3O3S2. The van der Waals surface area contributed by atoms with Gasteiger partial charge in [-0.2, -0.15) is 4.37 Å². The predicted molar refractivity (Wildman–Crippen MR) is 73.6 cm³/mol. The molecule has 0 saturated heterocycles. The molecule has 18 heavy (non-hydrogen) atoms. The third-order valence-electron chi connectivity index (χ3n) is 2.52. The Bertz CT molecular complexity index is 485. The van der Waals surface area contributed by atoms with Crippen molar-refractivity contribution in [2.75, 3.05) is 30.5 Å². The summed E-state index contributed by atoms with van der Waals surface area (Å²) in [6, 6.07) is 0. The van der Waals surface area contributed by atoms with Crippen LogP contribution in [0, 0.1) is 5.92 Å². The summed E-state index contributed by atoms with van der Waals surface area (Å²) in [7, 11) is -3.36. The van der Waals surface area contributed by atoms with E-state index in [1.807, 2.05) is 6.92 Å². The Hall–Kier alpha value is -0.860. The molecule has 6 nitrogen and oxygen atoms in total. The van der Waals surface area contributed by atoms with Crippen molar-refractivity contribution in [2.45, 2.75) is 24.7 Å². The van der Waals surface area contributed by atoms with E-state index in [0.29, 0.717) is 11.5 Å². The van der Waals surface area contributed by atoms with Gasteiger partial charge in [-0.3, -0.25) is 0 Å². The molecule has 1 aromatic heterocycles. The fourth-order valence-electron chi connectivity index (χ4n) is 1.51. The summed E-state index contributed by atoms with van der Waals surface area (Å²) >= 11 is 1.05. The van der Waals surface area contributed by atoms with Gasteiger partial charge in [-0.25, -0.2) is 8.42 Å². The second-order valence-electron chi connectivity index (χ2n) is 4.35. The van der Waals surface area contributed by atoms with Gasteiger partial charge in [-0.1, -0.05) is 6.92 Å². The first-order valence-electron chi connectivity index (χ1n) is 5.66. The molecule has 4 N–H and O–H groups in total. The lowest BCUT2D eigenvalue weighted by Crippen LogP contribution is -2.08. The molecule has 1 atom stereocenters. The minimum absolute atomic E-state index is 0.0497. The van der Waals surface area contributed by atoms with Gasteiger partial charge >= 0.3 is 0 Å². The fraction of sp³-hybridized carbons (Fsp3) is 0.700. The molecule has 0 saturated carbocycles. The predicted octanol–water partition coefficient (Wildman–Crippen LogP) is 0.949. The molecular weight excluding hydrogens is 274 g/mol. The average molecular weight is 293 g/mol. The van der Waals surface area contributed by atoms with E-state index < -0.39 is 9.84 Å². The molecule has 0 aliphatic carbocycles. The van der Waals surface area contributed by atoms with Gasteiger partial charge in [-0.05, 0) is 30.3 Å². The molecule has 0 bridgehead atoms. The minimum Gasteiger partial charge on any atom is -0.396 e. The Labute approximate surface area is 111 Å². The number of hydrogen-bond donors (Lipinski definition) is 3. The zero-order valence-electron chi connectivity index (χ0n) is 10.5. The van der Waals surface area contributed by atoms with Crippen LogP contribution in [0.3, 0.4) is 0 Å². The second kappa shape index (κ2) is 6.35. The molecule has 0 radical (unpaired) electrons. The summed E-state index contributed by atoms with van der Waals surface area (Å²) in [5.41, 5.74) is 5.55. The number of nitrogens with zero attached hydrogens (tertiary/aromatic N) is 1. The van der Waals surface area contributed by atoms with Crippen LogP contribution in [0.25, 0.3) is 0 Å². The van der Waals surface area contributed by atoms with Crippen LogP contribution in [0.15, 0.2) is 4.90 Å². The lowest BCUT2D eigenvalue weighted by molar-refractivity contribution is 0.229. The van der Waals surface area contributed by atoms with Crippen LogP contribution in [-0.4, -0.2) is 37.3 Å². The first-order valence-corrected chi connectivity index (χ1v) is 8.32. The number of sulfone groups is 1. The maximum absolute atomic E-state index is 11.5. The molecule has 0 spiro atoms. The van der Waals surface area contributed by atoms with Gasteiger partial charge in [0, 0.05) is 19.4 Å². The van der Waals surface area contributed by atoms with Crippen molar-refractivity contribution in [1.29, 1.82) is 0 Å². The number of nitrogen functional groups attached to an aromatic ring is 1. The highest BCUT2D eigenvalue weighted by Crippen LogP contribution is 2.31. The van der Waals surface area contributed by atoms with Gasteiger partial charge in [0.15, 0.2) is 15.7 Å². The number of anilines is 2. The molecule has 0 amide bonds. The Morgan fingerprint density at radius 3 is 2.78 bits per heavy atom. The van der Waals surface area contributed by atoms with Crippen molar-refractivity contribution in [1.82, 2.24) is 4.37 Å². The normalized spacial score (nSPS) is 13.5. The Morgan fingerprint density at radius 1 is 1.56 bits per heavy atom. The first-order chi connectivity index (χ1) is 8.36. The maximum atomic E-state index is 11.5. The van der Waals surface area contributed by atoms with Crippen molar-refractivity contribution in [3.8, 4) is 0 Å². The third kappa shape index (κ3) is 4.11. The topological polar surface area (TPSA) is 105 Å². The molecule has 1 rings (SSSR count). The smallest absolute Gasteiger partial charge is 0.182 e. The Balaban J connectivity index is 2.59. The summed E-state index contributed by atoms with van der Waals surface area (Å²) < 4.78 is 26.9. The number of aromatic nitrogens is 1. The van der Waals surface area contributed by atoms with E-state index in [1.54, 1.807) is 0 Å². The van der Waals surface area contributed by atoms with Crippen LogP contribution < -0.4 is 11.1 Å². The van der Waals surface area contributed by atoms with E-state index >= 15 is 0 Å². The zero-order valence-corrected chi connectivity index (χ0v) is 12.1. The monoisotopic (exact) mass is 293 g/mol. The third-order valence-corrected chi connectivity index (χ3v) is 4.62. The lowest BCUT2D eigenvalue weighted by atomic mass is 10.1. The summed E-state index contributed by atoms with van der Waals surface area (Å²) in [5.74, 6) is 0.307. The lowest BCUT2D eigenvalue weighted by Gasteiger charge is -2.08. The number of aliphatic hydroxyl groups is 1. The van der Waals surface area contributed by atoms with Gasteiger partial charge in [0.2, 0.25) is 0 Å². The number of nitrogens with one attached hydrogen (secondary N) is 1. The number of rotatable bonds is 7. The highest BCUT2D eigenvalue weighted by molar-refractivity contribution is 7.91. The highest BCUT2D eigenvalue weighted by Gasteiger charge is 2.20. The molecule has 0 aliphatic rings. The number of aliphatic hydroxyl groups excluding tert-OH is 1. The van der Waals surface area contributed by atoms with Crippen molar-refractivity contribution < 1.29 is 13.5 Å². The fourth-order valence-corrected chi connectivity index (χ4v) is 3.60. The molecule has 0 aliphatic heterocycles. The van der Waals surface area contributed by atoms with Crippen LogP contribution in [0.1, 0.15) is 19.8 Å². The van der Waals surface area contributed by atoms with Gasteiger partial charge in [0.1, 0.15) is 9.90 Å². The first kappa shape index (κ1) is 15.2. The van der Waals surface area contributed by atoms with Crippen LogP contribution in [0.2, 0.25) is 0 Å². The Morgan fingerprint density at radius 2 is 2.22 bits per heavy atom. The van der Waals surface area contributed by atoms with Crippen molar-refractivity contribution in [3.63, 3.8) is 0 Å². The van der Waals surface area contributed by atoms with E-state index in [0.717, 1.165) is 30.6 Å². The van der Waals surface area contributed by atoms with Crippen molar-refractivity contribution >= 4 is 32.2 Å². The van der Waals surface area contributed by atoms with Crippen LogP contribution in [0.5, 0.6) is 0 Å². The standard InChI is InChI=1S/C10H19N3O3S2/c1-7(6-14)4-3-5-12-10-8(18(2,15)16)9(11)13-17-10/h7,12,14H,3-6H2,1-2H3,(H2,11,13). The van der Waals surface area contributed by atoms with Crippen molar-refractivity contribution in [3.05, 3.63) is 0 Å². The summed E-state index contributed by atoms with van der Waals surface area (Å²) in [5, 5.41) is 12.4. The molecule has 8 heteroatoms. The van der Waals surface area contributed by atoms with E-state index in [1.165, 1.54) is 0 Å². The number of hydrogen-bond acceptors (Lipinski definition) is 7. The summed E-state index contributed by atoms with van der Waals surface area (Å²) in [6.07, 6.45) is 2.85. The van der Waals surface area contributed by atoms with E-state index in [4.69, 9.17) is 10.8 Å². The highest BCUT2D eigenvalue weighted by atomic mass is 32.2. The van der Waals surface area contributed by atoms with Gasteiger partial charge < -0.3 is 16.2 Å². The SMILES string of the molecule is CC(CO)CCCNc1snc(N)c1S(C)(=O)=O. The van der Waals surface area contributed by atoms with Gasteiger partial charge in [-0.15, -0.1) is 0 Å². The molecule has 104 valence electrons. The van der Waals surface area contributed by atoms with Gasteiger partial charge in [0.05, 0.1) is 0 Å². The summed E-state index contributed by atoms with van der Waals surface area (Å²) in [4.78, 5) is 0.0858.